The highest BCUT2D eigenvalue weighted by Crippen LogP contribution is 2.34. The standard InChI is InChI=1S/C19H22FN3O3/c1-11-17(12-8-9-15(25-2)16(10-12)26-3)18(23-22-11)21-19(24)13-6-4-5-7-14(13)20/h4-11,17-18,22-23H,1-3H3,(H,21,24). The van der Waals surface area contributed by atoms with Gasteiger partial charge in [-0.1, -0.05) is 18.2 Å². The van der Waals surface area contributed by atoms with Crippen molar-refractivity contribution in [3.8, 4) is 11.5 Å². The largest absolute Gasteiger partial charge is 0.493 e. The van der Waals surface area contributed by atoms with Gasteiger partial charge < -0.3 is 14.8 Å². The molecular formula is C19H22FN3O3. The van der Waals surface area contributed by atoms with Crippen LogP contribution in [0.4, 0.5) is 4.39 Å². The van der Waals surface area contributed by atoms with Crippen LogP contribution in [0.1, 0.15) is 28.8 Å². The normalized spacial score (nSPS) is 22.1. The number of benzene rings is 2. The molecule has 6 nitrogen and oxygen atoms in total. The summed E-state index contributed by atoms with van der Waals surface area (Å²) < 4.78 is 24.5. The fourth-order valence-corrected chi connectivity index (χ4v) is 3.22. The number of ether oxygens (including phenoxy) is 2. The molecule has 1 amide bonds. The van der Waals surface area contributed by atoms with Crippen molar-refractivity contribution < 1.29 is 18.7 Å². The maximum Gasteiger partial charge on any atom is 0.255 e. The van der Waals surface area contributed by atoms with E-state index in [4.69, 9.17) is 9.47 Å². The molecule has 1 heterocycles. The Balaban J connectivity index is 1.84. The topological polar surface area (TPSA) is 71.6 Å². The number of rotatable bonds is 5. The van der Waals surface area contributed by atoms with Crippen LogP contribution in [-0.2, 0) is 0 Å². The van der Waals surface area contributed by atoms with Crippen molar-refractivity contribution in [2.24, 2.45) is 0 Å². The van der Waals surface area contributed by atoms with E-state index < -0.39 is 17.9 Å². The lowest BCUT2D eigenvalue weighted by atomic mass is 9.91. The van der Waals surface area contributed by atoms with Crippen molar-refractivity contribution in [1.82, 2.24) is 16.2 Å². The van der Waals surface area contributed by atoms with Gasteiger partial charge >= 0.3 is 0 Å². The summed E-state index contributed by atoms with van der Waals surface area (Å²) in [5.74, 6) is 0.150. The Morgan fingerprint density at radius 2 is 1.81 bits per heavy atom. The average Bonchev–Trinajstić information content (AvgIpc) is 3.01. The summed E-state index contributed by atoms with van der Waals surface area (Å²) in [5.41, 5.74) is 7.17. The molecule has 26 heavy (non-hydrogen) atoms. The smallest absolute Gasteiger partial charge is 0.255 e. The zero-order chi connectivity index (χ0) is 18.7. The van der Waals surface area contributed by atoms with Gasteiger partial charge in [-0.15, -0.1) is 0 Å². The third kappa shape index (κ3) is 3.49. The van der Waals surface area contributed by atoms with Crippen LogP contribution < -0.4 is 25.6 Å². The molecule has 1 fully saturated rings. The number of hydrogen-bond acceptors (Lipinski definition) is 5. The minimum absolute atomic E-state index is 0.0138. The van der Waals surface area contributed by atoms with Crippen LogP contribution in [0.3, 0.4) is 0 Å². The van der Waals surface area contributed by atoms with E-state index in [9.17, 15) is 9.18 Å². The second-order valence-corrected chi connectivity index (χ2v) is 6.15. The van der Waals surface area contributed by atoms with Crippen molar-refractivity contribution in [2.75, 3.05) is 14.2 Å². The highest BCUT2D eigenvalue weighted by molar-refractivity contribution is 5.94. The number of carbonyl (C=O) groups is 1. The van der Waals surface area contributed by atoms with Gasteiger partial charge in [0.1, 0.15) is 12.0 Å². The zero-order valence-corrected chi connectivity index (χ0v) is 14.9. The van der Waals surface area contributed by atoms with E-state index in [1.165, 1.54) is 12.1 Å². The molecule has 3 atom stereocenters. The highest BCUT2D eigenvalue weighted by atomic mass is 19.1. The van der Waals surface area contributed by atoms with Gasteiger partial charge in [0.15, 0.2) is 11.5 Å². The van der Waals surface area contributed by atoms with Gasteiger partial charge in [-0.2, -0.15) is 0 Å². The molecule has 3 unspecified atom stereocenters. The molecule has 0 radical (unpaired) electrons. The number of nitrogens with one attached hydrogen (secondary N) is 3. The van der Waals surface area contributed by atoms with Crippen molar-refractivity contribution in [1.29, 1.82) is 0 Å². The minimum Gasteiger partial charge on any atom is -0.493 e. The predicted molar refractivity (Wildman–Crippen MR) is 95.7 cm³/mol. The molecule has 7 heteroatoms. The number of amides is 1. The van der Waals surface area contributed by atoms with Crippen molar-refractivity contribution in [3.05, 3.63) is 59.4 Å². The van der Waals surface area contributed by atoms with E-state index in [0.717, 1.165) is 5.56 Å². The number of halogens is 1. The molecule has 3 rings (SSSR count). The summed E-state index contributed by atoms with van der Waals surface area (Å²) in [6.07, 6.45) is -0.407. The summed E-state index contributed by atoms with van der Waals surface area (Å²) in [4.78, 5) is 12.5. The van der Waals surface area contributed by atoms with Gasteiger partial charge in [0.25, 0.3) is 5.91 Å². The molecule has 1 aliphatic rings. The summed E-state index contributed by atoms with van der Waals surface area (Å²) in [6.45, 7) is 2.00. The van der Waals surface area contributed by atoms with Crippen molar-refractivity contribution in [2.45, 2.75) is 25.0 Å². The quantitative estimate of drug-likeness (QED) is 0.763. The summed E-state index contributed by atoms with van der Waals surface area (Å²) in [5, 5.41) is 2.86. The first-order chi connectivity index (χ1) is 12.5. The van der Waals surface area contributed by atoms with E-state index in [0.29, 0.717) is 11.5 Å². The van der Waals surface area contributed by atoms with Crippen LogP contribution in [0.5, 0.6) is 11.5 Å². The van der Waals surface area contributed by atoms with Gasteiger partial charge in [-0.05, 0) is 36.8 Å². The Labute approximate surface area is 151 Å². The second kappa shape index (κ2) is 7.72. The van der Waals surface area contributed by atoms with E-state index in [1.807, 2.05) is 25.1 Å². The van der Waals surface area contributed by atoms with E-state index in [-0.39, 0.29) is 17.5 Å². The molecule has 0 saturated carbocycles. The Kier molecular flexibility index (Phi) is 5.39. The van der Waals surface area contributed by atoms with Gasteiger partial charge in [-0.25, -0.2) is 9.82 Å². The maximum absolute atomic E-state index is 13.9. The third-order valence-electron chi connectivity index (χ3n) is 4.56. The number of hydrazine groups is 1. The van der Waals surface area contributed by atoms with Gasteiger partial charge in [0.05, 0.1) is 19.8 Å². The Morgan fingerprint density at radius 1 is 1.08 bits per heavy atom. The van der Waals surface area contributed by atoms with Gasteiger partial charge in [-0.3, -0.25) is 10.2 Å². The number of hydrogen-bond donors (Lipinski definition) is 3. The van der Waals surface area contributed by atoms with Crippen molar-refractivity contribution >= 4 is 5.91 Å². The van der Waals surface area contributed by atoms with Crippen LogP contribution in [0.2, 0.25) is 0 Å². The molecule has 3 N–H and O–H groups in total. The van der Waals surface area contributed by atoms with Crippen LogP contribution in [0.15, 0.2) is 42.5 Å². The Hall–Kier alpha value is -2.64. The average molecular weight is 359 g/mol. The molecule has 1 saturated heterocycles. The monoisotopic (exact) mass is 359 g/mol. The lowest BCUT2D eigenvalue weighted by Gasteiger charge is -2.23. The van der Waals surface area contributed by atoms with E-state index >= 15 is 0 Å². The first-order valence-electron chi connectivity index (χ1n) is 8.33. The van der Waals surface area contributed by atoms with Gasteiger partial charge in [0, 0.05) is 12.0 Å². The van der Waals surface area contributed by atoms with Gasteiger partial charge in [0.2, 0.25) is 0 Å². The summed E-state index contributed by atoms with van der Waals surface area (Å²) in [7, 11) is 3.16. The Bertz CT molecular complexity index is 799. The second-order valence-electron chi connectivity index (χ2n) is 6.15. The van der Waals surface area contributed by atoms with Crippen LogP contribution in [0.25, 0.3) is 0 Å². The summed E-state index contributed by atoms with van der Waals surface area (Å²) in [6, 6.07) is 11.6. The predicted octanol–water partition coefficient (Wildman–Crippen LogP) is 2.18. The zero-order valence-electron chi connectivity index (χ0n) is 14.9. The molecule has 0 aromatic heterocycles. The lowest BCUT2D eigenvalue weighted by molar-refractivity contribution is 0.0924. The lowest BCUT2D eigenvalue weighted by Crippen LogP contribution is -2.46. The Morgan fingerprint density at radius 3 is 2.50 bits per heavy atom. The van der Waals surface area contributed by atoms with Crippen molar-refractivity contribution in [3.63, 3.8) is 0 Å². The SMILES string of the molecule is COc1ccc(C2C(C)NNC2NC(=O)c2ccccc2F)cc1OC. The van der Waals surface area contributed by atoms with Crippen LogP contribution in [0, 0.1) is 5.82 Å². The first-order valence-corrected chi connectivity index (χ1v) is 8.33. The summed E-state index contributed by atoms with van der Waals surface area (Å²) >= 11 is 0. The van der Waals surface area contributed by atoms with Crippen LogP contribution >= 0.6 is 0 Å². The fourth-order valence-electron chi connectivity index (χ4n) is 3.22. The van der Waals surface area contributed by atoms with E-state index in [1.54, 1.807) is 26.4 Å². The third-order valence-corrected chi connectivity index (χ3v) is 4.56. The fraction of sp³-hybridized carbons (Fsp3) is 0.316. The first kappa shape index (κ1) is 18.2. The maximum atomic E-state index is 13.9. The number of carbonyl (C=O) groups excluding carboxylic acids is 1. The molecule has 2 aromatic rings. The molecule has 0 aliphatic carbocycles. The molecule has 2 aromatic carbocycles. The molecule has 0 spiro atoms. The highest BCUT2D eigenvalue weighted by Gasteiger charge is 2.36. The molecule has 1 aliphatic heterocycles. The number of methoxy groups -OCH3 is 2. The molecular weight excluding hydrogens is 337 g/mol. The molecule has 138 valence electrons. The minimum atomic E-state index is -0.549. The van der Waals surface area contributed by atoms with Crippen LogP contribution in [-0.4, -0.2) is 32.3 Å². The van der Waals surface area contributed by atoms with E-state index in [2.05, 4.69) is 16.2 Å². The molecule has 0 bridgehead atoms.